The standard InChI is InChI=1S/C69H81N11O18/c1-3-5-15-50(76-65(93)52(31-41-22-28-46(82)29-23-41)78-67(95)54(34-59(85)86)75-57(83)37-72-62(90)48(70)30-39-20-26-45(81)27-21-39)63(91)73-38-58(84)74-53(33-44-36-71-49-17-11-10-14-47(44)49)66(94)77-51(16-6-4-2)64(92)79-55(35-60(87)88)68(96)80-56(69(97)98)32-40-18-24-43(25-19-40)61(89)42-12-8-7-9-13-42/h7-14,17-29,36,48,50-56,71,81-82H,3-6,15-16,30-35,37-38,70H2,1-2H3,(H,72,90)(H,73,91)(H,74,84)(H,75,83)(H,76,93)(H,77,94)(H,78,95)(H,79,92)(H,80,96)(H,85,86)(H,87,88)(H,97,98)/t48-,50+,51+,52+,53+,54+,55+,56+/m1/s1. The Morgan fingerprint density at radius 2 is 0.816 bits per heavy atom. The van der Waals surface area contributed by atoms with Crippen molar-refractivity contribution in [2.45, 2.75) is 139 Å². The second kappa shape index (κ2) is 37.6. The molecule has 0 radical (unpaired) electrons. The molecule has 0 aliphatic rings. The molecule has 0 aliphatic heterocycles. The molecule has 8 atom stereocenters. The van der Waals surface area contributed by atoms with E-state index in [1.54, 1.807) is 86.8 Å². The fraction of sp³-hybridized carbons (Fsp3) is 0.348. The molecule has 1 heterocycles. The topological polar surface area (TPSA) is 473 Å². The molecule has 5 aromatic carbocycles. The number of phenols is 2. The highest BCUT2D eigenvalue weighted by Gasteiger charge is 2.35. The summed E-state index contributed by atoms with van der Waals surface area (Å²) >= 11 is 0. The minimum Gasteiger partial charge on any atom is -0.508 e. The molecule has 17 N–H and O–H groups in total. The smallest absolute Gasteiger partial charge is 0.326 e. The van der Waals surface area contributed by atoms with Crippen LogP contribution in [0.1, 0.15) is 103 Å². The number of rotatable bonds is 39. The molecule has 6 aromatic rings. The number of carboxylic acid groups (broad SMARTS) is 3. The Hall–Kier alpha value is -11.5. The first-order chi connectivity index (χ1) is 46.8. The minimum absolute atomic E-state index is 0.00862. The van der Waals surface area contributed by atoms with Gasteiger partial charge in [0.25, 0.3) is 0 Å². The Kier molecular flexibility index (Phi) is 29.0. The van der Waals surface area contributed by atoms with Crippen molar-refractivity contribution in [3.05, 3.63) is 167 Å². The average molecular weight is 1350 g/mol. The zero-order valence-electron chi connectivity index (χ0n) is 53.8. The number of amides is 9. The first kappa shape index (κ1) is 75.5. The highest BCUT2D eigenvalue weighted by atomic mass is 16.4. The number of aromatic amines is 1. The maximum atomic E-state index is 14.6. The van der Waals surface area contributed by atoms with Crippen LogP contribution < -0.4 is 53.6 Å². The van der Waals surface area contributed by atoms with E-state index in [2.05, 4.69) is 52.8 Å². The number of hydrogen-bond donors (Lipinski definition) is 16. The van der Waals surface area contributed by atoms with Crippen LogP contribution >= 0.6 is 0 Å². The van der Waals surface area contributed by atoms with E-state index in [0.29, 0.717) is 70.0 Å². The first-order valence-corrected chi connectivity index (χ1v) is 31.7. The molecule has 29 heteroatoms. The summed E-state index contributed by atoms with van der Waals surface area (Å²) in [6.45, 7) is 2.05. The Bertz CT molecular complexity index is 3790. The molecule has 0 unspecified atom stereocenters. The van der Waals surface area contributed by atoms with Gasteiger partial charge in [0.2, 0.25) is 53.2 Å². The zero-order valence-corrected chi connectivity index (χ0v) is 53.8. The van der Waals surface area contributed by atoms with E-state index in [0.717, 1.165) is 0 Å². The maximum absolute atomic E-state index is 14.6. The Morgan fingerprint density at radius 3 is 1.35 bits per heavy atom. The number of carboxylic acids is 3. The second-order valence-electron chi connectivity index (χ2n) is 23.3. The minimum atomic E-state index is -1.87. The molecule has 29 nitrogen and oxygen atoms in total. The van der Waals surface area contributed by atoms with Gasteiger partial charge >= 0.3 is 17.9 Å². The lowest BCUT2D eigenvalue weighted by molar-refractivity contribution is -0.144. The van der Waals surface area contributed by atoms with E-state index in [-0.39, 0.29) is 55.8 Å². The maximum Gasteiger partial charge on any atom is 0.326 e. The van der Waals surface area contributed by atoms with E-state index in [1.807, 2.05) is 0 Å². The van der Waals surface area contributed by atoms with Gasteiger partial charge in [0.1, 0.15) is 53.8 Å². The van der Waals surface area contributed by atoms with Gasteiger partial charge in [-0.05, 0) is 71.8 Å². The summed E-state index contributed by atoms with van der Waals surface area (Å²) in [5.41, 5.74) is 9.31. The number of aliphatic carboxylic acids is 3. The number of carbonyl (C=O) groups is 13. The zero-order chi connectivity index (χ0) is 71.4. The number of ketones is 1. The summed E-state index contributed by atoms with van der Waals surface area (Å²) in [5, 5.41) is 72.0. The fourth-order valence-electron chi connectivity index (χ4n) is 10.3. The van der Waals surface area contributed by atoms with E-state index in [4.69, 9.17) is 5.73 Å². The van der Waals surface area contributed by atoms with Gasteiger partial charge in [-0.25, -0.2) is 4.79 Å². The normalized spacial score (nSPS) is 13.4. The molecule has 0 saturated carbocycles. The predicted molar refractivity (Wildman–Crippen MR) is 354 cm³/mol. The lowest BCUT2D eigenvalue weighted by Crippen LogP contribution is -2.59. The van der Waals surface area contributed by atoms with Crippen molar-refractivity contribution in [2.75, 3.05) is 13.1 Å². The van der Waals surface area contributed by atoms with E-state index in [1.165, 1.54) is 60.7 Å². The molecule has 98 heavy (non-hydrogen) atoms. The predicted octanol–water partition coefficient (Wildman–Crippen LogP) is 1.45. The van der Waals surface area contributed by atoms with Crippen molar-refractivity contribution >= 4 is 87.8 Å². The number of unbranched alkanes of at least 4 members (excludes halogenated alkanes) is 2. The first-order valence-electron chi connectivity index (χ1n) is 31.7. The molecular formula is C69H81N11O18. The van der Waals surface area contributed by atoms with Gasteiger partial charge in [-0.3, -0.25) is 57.5 Å². The fourth-order valence-corrected chi connectivity index (χ4v) is 10.3. The van der Waals surface area contributed by atoms with Crippen molar-refractivity contribution < 1.29 is 87.9 Å². The monoisotopic (exact) mass is 1350 g/mol. The molecule has 0 spiro atoms. The molecule has 0 aliphatic carbocycles. The highest BCUT2D eigenvalue weighted by Crippen LogP contribution is 2.21. The van der Waals surface area contributed by atoms with Crippen molar-refractivity contribution in [3.8, 4) is 11.5 Å². The number of fused-ring (bicyclic) bond motifs is 1. The quantitative estimate of drug-likeness (QED) is 0.0243. The molecular weight excluding hydrogens is 1270 g/mol. The van der Waals surface area contributed by atoms with Crippen molar-refractivity contribution in [2.24, 2.45) is 5.73 Å². The number of hydrogen-bond acceptors (Lipinski definition) is 16. The lowest BCUT2D eigenvalue weighted by Gasteiger charge is -2.26. The summed E-state index contributed by atoms with van der Waals surface area (Å²) in [5.74, 6) is -13.9. The number of nitrogens with two attached hydrogens (primary N) is 1. The molecule has 9 amide bonds. The number of H-pyrrole nitrogens is 1. The number of phenolic OH excluding ortho intramolecular Hbond substituents is 2. The number of aromatic nitrogens is 1. The molecule has 520 valence electrons. The van der Waals surface area contributed by atoms with E-state index >= 15 is 0 Å². The third kappa shape index (κ3) is 24.1. The van der Waals surface area contributed by atoms with Crippen LogP contribution in [0.4, 0.5) is 0 Å². The van der Waals surface area contributed by atoms with Gasteiger partial charge in [-0.1, -0.05) is 137 Å². The van der Waals surface area contributed by atoms with Crippen LogP contribution in [0.3, 0.4) is 0 Å². The van der Waals surface area contributed by atoms with Crippen LogP contribution in [-0.4, -0.2) is 169 Å². The van der Waals surface area contributed by atoms with Gasteiger partial charge in [0.15, 0.2) is 5.78 Å². The summed E-state index contributed by atoms with van der Waals surface area (Å²) in [7, 11) is 0. The summed E-state index contributed by atoms with van der Waals surface area (Å²) < 4.78 is 0. The molecule has 0 fully saturated rings. The molecule has 1 aromatic heterocycles. The SMILES string of the molecule is CCCC[C@H](NC(=O)[C@H](Cc1ccc(O)cc1)NC(=O)[C@H](CC(=O)O)NC(=O)CNC(=O)[C@H](N)Cc1ccc(O)cc1)C(=O)NCC(=O)N[C@@H](Cc1c[nH]c2ccccc12)C(=O)N[C@@H](CCCC)C(=O)N[C@@H](CC(=O)O)C(=O)N[C@@H](Cc1ccc(C(=O)c2ccccc2)cc1)C(=O)O. The van der Waals surface area contributed by atoms with Crippen LogP contribution in [-0.2, 0) is 83.2 Å². The Labute approximate surface area is 562 Å². The van der Waals surface area contributed by atoms with Gasteiger partial charge in [0.05, 0.1) is 32.0 Å². The third-order valence-electron chi connectivity index (χ3n) is 15.6. The number of nitrogens with one attached hydrogen (secondary N) is 10. The van der Waals surface area contributed by atoms with Crippen LogP contribution in [0.2, 0.25) is 0 Å². The number of benzene rings is 5. The Balaban J connectivity index is 1.14. The van der Waals surface area contributed by atoms with Crippen molar-refractivity contribution in [1.29, 1.82) is 0 Å². The van der Waals surface area contributed by atoms with Gasteiger partial charge < -0.3 is 84.1 Å². The van der Waals surface area contributed by atoms with Gasteiger partial charge in [-0.15, -0.1) is 0 Å². The van der Waals surface area contributed by atoms with Crippen molar-refractivity contribution in [3.63, 3.8) is 0 Å². The molecule has 6 rings (SSSR count). The summed E-state index contributed by atoms with van der Waals surface area (Å²) in [6, 6.07) is 20.4. The summed E-state index contributed by atoms with van der Waals surface area (Å²) in [6.07, 6.45) is 0.358. The third-order valence-corrected chi connectivity index (χ3v) is 15.6. The van der Waals surface area contributed by atoms with Crippen LogP contribution in [0.25, 0.3) is 10.9 Å². The van der Waals surface area contributed by atoms with Gasteiger partial charge in [0, 0.05) is 47.5 Å². The van der Waals surface area contributed by atoms with Crippen LogP contribution in [0.15, 0.2) is 134 Å². The van der Waals surface area contributed by atoms with E-state index < -0.39 is 145 Å². The molecule has 0 saturated heterocycles. The molecule has 0 bridgehead atoms. The van der Waals surface area contributed by atoms with Crippen LogP contribution in [0.5, 0.6) is 11.5 Å². The largest absolute Gasteiger partial charge is 0.508 e. The average Bonchev–Trinajstić information content (AvgIpc) is 1.67. The Morgan fingerprint density at radius 1 is 0.418 bits per heavy atom. The number of aromatic hydroxyl groups is 2. The highest BCUT2D eigenvalue weighted by molar-refractivity contribution is 6.09. The second-order valence-corrected chi connectivity index (χ2v) is 23.3. The van der Waals surface area contributed by atoms with Crippen molar-refractivity contribution in [1.82, 2.24) is 52.8 Å². The van der Waals surface area contributed by atoms with E-state index in [9.17, 15) is 87.9 Å². The lowest BCUT2D eigenvalue weighted by atomic mass is 9.99. The van der Waals surface area contributed by atoms with Crippen LogP contribution in [0, 0.1) is 0 Å². The van der Waals surface area contributed by atoms with Gasteiger partial charge in [-0.2, -0.15) is 0 Å². The number of para-hydroxylation sites is 1. The summed E-state index contributed by atoms with van der Waals surface area (Å²) in [4.78, 5) is 178. The number of carbonyl (C=O) groups excluding carboxylic acids is 10.